The van der Waals surface area contributed by atoms with Crippen LogP contribution in [0.5, 0.6) is 0 Å². The molecule has 0 nitrogen and oxygen atoms in total. The highest BCUT2D eigenvalue weighted by atomic mass is 32.1. The highest BCUT2D eigenvalue weighted by molar-refractivity contribution is 7.27. The Kier molecular flexibility index (Phi) is 6.21. The van der Waals surface area contributed by atoms with Crippen LogP contribution in [0.15, 0.2) is 35.9 Å². The first-order valence-corrected chi connectivity index (χ1v) is 16.8. The second-order valence-corrected chi connectivity index (χ2v) is 21.1. The van der Waals surface area contributed by atoms with Crippen molar-refractivity contribution in [2.24, 2.45) is 0 Å². The molecule has 2 rings (SSSR count). The SMILES string of the molecule is C[Si](C)(C)c1ccc(/C(F)=C(F)/C(F)=C(\F)c2ccc([Si](C)(C)C)s2)s1. The summed E-state index contributed by atoms with van der Waals surface area (Å²) in [6, 6.07) is 6.31. The lowest BCUT2D eigenvalue weighted by molar-refractivity contribution is 0.520. The van der Waals surface area contributed by atoms with E-state index >= 15 is 0 Å². The fourth-order valence-corrected chi connectivity index (χ4v) is 7.78. The van der Waals surface area contributed by atoms with Crippen molar-refractivity contribution < 1.29 is 17.6 Å². The Morgan fingerprint density at radius 2 is 0.923 bits per heavy atom. The van der Waals surface area contributed by atoms with Crippen molar-refractivity contribution in [3.63, 3.8) is 0 Å². The molecule has 8 heteroatoms. The standard InChI is InChI=1S/C18H22F4S2Si2/c1-25(2,3)13-9-7-11(23-13)15(19)17(21)18(22)16(20)12-8-10-14(24-12)26(4,5)6/h7-10H,1-6H3/b17-15+,18-16+. The van der Waals surface area contributed by atoms with Crippen LogP contribution in [0.4, 0.5) is 17.6 Å². The zero-order valence-corrected chi connectivity index (χ0v) is 19.3. The predicted octanol–water partition coefficient (Wildman–Crippen LogP) is 6.82. The highest BCUT2D eigenvalue weighted by Crippen LogP contribution is 2.35. The van der Waals surface area contributed by atoms with Crippen molar-refractivity contribution in [1.82, 2.24) is 0 Å². The van der Waals surface area contributed by atoms with Crippen molar-refractivity contribution in [3.8, 4) is 0 Å². The summed E-state index contributed by atoms with van der Waals surface area (Å²) in [4.78, 5) is -0.0336. The first-order valence-electron chi connectivity index (χ1n) is 8.14. The van der Waals surface area contributed by atoms with Crippen LogP contribution in [0.2, 0.25) is 39.3 Å². The molecule has 0 spiro atoms. The molecule has 0 saturated carbocycles. The van der Waals surface area contributed by atoms with E-state index in [9.17, 15) is 17.6 Å². The van der Waals surface area contributed by atoms with Crippen LogP contribution in [0.3, 0.4) is 0 Å². The topological polar surface area (TPSA) is 0 Å². The van der Waals surface area contributed by atoms with Gasteiger partial charge in [0, 0.05) is 0 Å². The van der Waals surface area contributed by atoms with Gasteiger partial charge in [-0.3, -0.25) is 0 Å². The molecule has 0 aliphatic rings. The van der Waals surface area contributed by atoms with E-state index in [-0.39, 0.29) is 9.75 Å². The second kappa shape index (κ2) is 7.57. The van der Waals surface area contributed by atoms with E-state index in [1.165, 1.54) is 12.1 Å². The molecular formula is C18H22F4S2Si2. The Labute approximate surface area is 161 Å². The smallest absolute Gasteiger partial charge is 0.198 e. The van der Waals surface area contributed by atoms with E-state index in [4.69, 9.17) is 0 Å². The Morgan fingerprint density at radius 1 is 0.615 bits per heavy atom. The molecule has 0 bridgehead atoms. The van der Waals surface area contributed by atoms with Gasteiger partial charge in [0.25, 0.3) is 0 Å². The van der Waals surface area contributed by atoms with Crippen LogP contribution < -0.4 is 9.00 Å². The summed E-state index contributed by atoms with van der Waals surface area (Å²) in [5.41, 5.74) is 0. The first-order chi connectivity index (χ1) is 11.8. The highest BCUT2D eigenvalue weighted by Gasteiger charge is 2.25. The molecule has 0 N–H and O–H groups in total. The monoisotopic (exact) mass is 434 g/mol. The average molecular weight is 435 g/mol. The Hall–Kier alpha value is -0.966. The number of rotatable bonds is 5. The van der Waals surface area contributed by atoms with Gasteiger partial charge in [0.1, 0.15) is 0 Å². The molecule has 0 fully saturated rings. The van der Waals surface area contributed by atoms with E-state index < -0.39 is 39.5 Å². The van der Waals surface area contributed by atoms with Gasteiger partial charge < -0.3 is 0 Å². The van der Waals surface area contributed by atoms with E-state index in [0.29, 0.717) is 0 Å². The lowest BCUT2D eigenvalue weighted by atomic mass is 10.3. The van der Waals surface area contributed by atoms with Gasteiger partial charge in [0.2, 0.25) is 0 Å². The number of hydrogen-bond donors (Lipinski definition) is 0. The van der Waals surface area contributed by atoms with Crippen molar-refractivity contribution in [2.75, 3.05) is 0 Å². The van der Waals surface area contributed by atoms with Crippen LogP contribution in [0, 0.1) is 0 Å². The summed E-state index contributed by atoms with van der Waals surface area (Å²) in [7, 11) is -3.35. The number of allylic oxidation sites excluding steroid dienone is 2. The van der Waals surface area contributed by atoms with Crippen molar-refractivity contribution in [3.05, 3.63) is 45.7 Å². The molecule has 2 aromatic rings. The van der Waals surface area contributed by atoms with E-state index in [2.05, 4.69) is 39.3 Å². The maximum atomic E-state index is 14.4. The normalized spacial score (nSPS) is 15.0. The zero-order chi connectivity index (χ0) is 19.9. The van der Waals surface area contributed by atoms with Crippen LogP contribution in [0.25, 0.3) is 11.7 Å². The molecule has 26 heavy (non-hydrogen) atoms. The minimum Gasteiger partial charge on any atom is -0.202 e. The molecule has 0 unspecified atom stereocenters. The third kappa shape index (κ3) is 4.65. The van der Waals surface area contributed by atoms with Gasteiger partial charge in [0.05, 0.1) is 25.9 Å². The number of hydrogen-bond acceptors (Lipinski definition) is 2. The van der Waals surface area contributed by atoms with Gasteiger partial charge >= 0.3 is 0 Å². The molecular weight excluding hydrogens is 412 g/mol. The number of halogens is 4. The molecule has 0 aliphatic heterocycles. The van der Waals surface area contributed by atoms with E-state index in [1.807, 2.05) is 0 Å². The molecule has 0 amide bonds. The number of thiophene rings is 2. The largest absolute Gasteiger partial charge is 0.202 e. The summed E-state index contributed by atoms with van der Waals surface area (Å²) in [6.07, 6.45) is 0. The lowest BCUT2D eigenvalue weighted by Crippen LogP contribution is -2.34. The van der Waals surface area contributed by atoms with Crippen molar-refractivity contribution in [2.45, 2.75) is 39.3 Å². The maximum Gasteiger partial charge on any atom is 0.198 e. The lowest BCUT2D eigenvalue weighted by Gasteiger charge is -2.12. The van der Waals surface area contributed by atoms with E-state index in [0.717, 1.165) is 31.7 Å². The molecule has 0 aliphatic carbocycles. The summed E-state index contributed by atoms with van der Waals surface area (Å²) >= 11 is 2.19. The quantitative estimate of drug-likeness (QED) is 0.275. The Bertz CT molecular complexity index is 792. The van der Waals surface area contributed by atoms with Gasteiger partial charge in [-0.25, -0.2) is 17.6 Å². The summed E-state index contributed by atoms with van der Waals surface area (Å²) in [5.74, 6) is -6.27. The maximum absolute atomic E-state index is 14.4. The predicted molar refractivity (Wildman–Crippen MR) is 113 cm³/mol. The van der Waals surface area contributed by atoms with E-state index in [1.54, 1.807) is 12.1 Å². The van der Waals surface area contributed by atoms with Crippen molar-refractivity contribution >= 4 is 59.5 Å². The summed E-state index contributed by atoms with van der Waals surface area (Å²) < 4.78 is 59.1. The van der Waals surface area contributed by atoms with Crippen LogP contribution >= 0.6 is 22.7 Å². The fourth-order valence-electron chi connectivity index (χ4n) is 2.13. The average Bonchev–Trinajstić information content (AvgIpc) is 3.19. The van der Waals surface area contributed by atoms with Crippen molar-refractivity contribution in [1.29, 1.82) is 0 Å². The second-order valence-electron chi connectivity index (χ2n) is 8.08. The van der Waals surface area contributed by atoms with Crippen LogP contribution in [-0.4, -0.2) is 16.1 Å². The first kappa shape index (κ1) is 21.3. The molecule has 0 radical (unpaired) electrons. The Balaban J connectivity index is 2.41. The molecule has 0 aromatic carbocycles. The summed E-state index contributed by atoms with van der Waals surface area (Å²) in [5, 5.41) is 0. The molecule has 2 aromatic heterocycles. The Morgan fingerprint density at radius 3 is 1.15 bits per heavy atom. The van der Waals surface area contributed by atoms with Gasteiger partial charge in [-0.15, -0.1) is 22.7 Å². The van der Waals surface area contributed by atoms with Crippen LogP contribution in [0.1, 0.15) is 9.75 Å². The minimum atomic E-state index is -1.78. The fraction of sp³-hybridized carbons (Fsp3) is 0.333. The van der Waals surface area contributed by atoms with Gasteiger partial charge in [-0.05, 0) is 21.1 Å². The third-order valence-corrected chi connectivity index (χ3v) is 13.1. The molecule has 0 saturated heterocycles. The zero-order valence-electron chi connectivity index (χ0n) is 15.6. The van der Waals surface area contributed by atoms with Gasteiger partial charge in [0.15, 0.2) is 23.3 Å². The van der Waals surface area contributed by atoms with Gasteiger partial charge in [-0.1, -0.05) is 51.4 Å². The molecule has 2 heterocycles. The molecule has 0 atom stereocenters. The molecule has 142 valence electrons. The summed E-state index contributed by atoms with van der Waals surface area (Å²) in [6.45, 7) is 12.5. The van der Waals surface area contributed by atoms with Gasteiger partial charge in [-0.2, -0.15) is 0 Å². The van der Waals surface area contributed by atoms with Crippen LogP contribution in [-0.2, 0) is 0 Å². The minimum absolute atomic E-state index is 0.0168. The third-order valence-electron chi connectivity index (χ3n) is 3.70.